The maximum Gasteiger partial charge on any atom is 0.144 e. The van der Waals surface area contributed by atoms with Gasteiger partial charge in [0.1, 0.15) is 7.85 Å². The van der Waals surface area contributed by atoms with E-state index < -0.39 is 0 Å². The van der Waals surface area contributed by atoms with Crippen LogP contribution in [0.3, 0.4) is 0 Å². The molecule has 0 aliphatic carbocycles. The highest BCUT2D eigenvalue weighted by atomic mass is 15.2. The van der Waals surface area contributed by atoms with Crippen molar-refractivity contribution in [1.29, 1.82) is 0 Å². The van der Waals surface area contributed by atoms with E-state index in [2.05, 4.69) is 19.0 Å². The van der Waals surface area contributed by atoms with E-state index in [0.717, 1.165) is 0 Å². The molecule has 0 N–H and O–H groups in total. The normalized spacial score (nSPS) is 10.4. The Morgan fingerprint density at radius 2 is 2.30 bits per heavy atom. The summed E-state index contributed by atoms with van der Waals surface area (Å²) in [6.45, 7) is 0. The van der Waals surface area contributed by atoms with Gasteiger partial charge in [-0.3, -0.25) is 0 Å². The van der Waals surface area contributed by atoms with E-state index in [1.165, 1.54) is 11.0 Å². The maximum absolute atomic E-state index is 4.13. The topological polar surface area (TPSA) is 17.3 Å². The molecule has 48 valence electrons. The average molecular weight is 130 g/mol. The summed E-state index contributed by atoms with van der Waals surface area (Å²) in [6.07, 6.45) is 3.82. The lowest BCUT2D eigenvalue weighted by Gasteiger charge is -1.89. The van der Waals surface area contributed by atoms with Gasteiger partial charge in [-0.1, -0.05) is 6.07 Å². The molecule has 0 aliphatic heterocycles. The molecular weight excluding hydrogens is 123 g/mol. The van der Waals surface area contributed by atoms with Crippen molar-refractivity contribution >= 4 is 18.8 Å². The smallest absolute Gasteiger partial charge is 0.144 e. The predicted octanol–water partition coefficient (Wildman–Crippen LogP) is -0.407. The average Bonchev–Trinajstić information content (AvgIpc) is 2.34. The number of aromatic nitrogens is 2. The summed E-state index contributed by atoms with van der Waals surface area (Å²) in [6, 6.07) is 6.05. The van der Waals surface area contributed by atoms with Crippen LogP contribution < -0.4 is 5.46 Å². The van der Waals surface area contributed by atoms with Crippen molar-refractivity contribution in [3.8, 4) is 0 Å². The standard InChI is InChI=1S/C7H7BN2/c8-6-5-9-10-4-2-1-3-7(6)10/h1-5H,8H2. The molecule has 0 saturated heterocycles. The zero-order valence-electron chi connectivity index (χ0n) is 5.78. The fourth-order valence-corrected chi connectivity index (χ4v) is 1.06. The number of fused-ring (bicyclic) bond motifs is 1. The Morgan fingerprint density at radius 3 is 3.10 bits per heavy atom. The van der Waals surface area contributed by atoms with Crippen LogP contribution in [0.4, 0.5) is 0 Å². The van der Waals surface area contributed by atoms with Crippen LogP contribution in [0.25, 0.3) is 5.52 Å². The van der Waals surface area contributed by atoms with Crippen LogP contribution in [0.1, 0.15) is 0 Å². The Hall–Kier alpha value is -1.25. The predicted molar refractivity (Wildman–Crippen MR) is 43.4 cm³/mol. The third-order valence-corrected chi connectivity index (χ3v) is 1.62. The minimum Gasteiger partial charge on any atom is -0.242 e. The maximum atomic E-state index is 4.13. The molecule has 0 bridgehead atoms. The van der Waals surface area contributed by atoms with Crippen molar-refractivity contribution < 1.29 is 0 Å². The lowest BCUT2D eigenvalue weighted by Crippen LogP contribution is -1.98. The van der Waals surface area contributed by atoms with Gasteiger partial charge in [0.25, 0.3) is 0 Å². The molecule has 0 saturated carbocycles. The second-order valence-corrected chi connectivity index (χ2v) is 2.36. The first kappa shape index (κ1) is 5.53. The highest BCUT2D eigenvalue weighted by Crippen LogP contribution is 1.95. The lowest BCUT2D eigenvalue weighted by atomic mass is 9.99. The van der Waals surface area contributed by atoms with Crippen LogP contribution in [0.5, 0.6) is 0 Å². The second-order valence-electron chi connectivity index (χ2n) is 2.36. The third kappa shape index (κ3) is 0.636. The summed E-state index contributed by atoms with van der Waals surface area (Å²) in [7, 11) is 2.06. The number of nitrogens with zero attached hydrogens (tertiary/aromatic N) is 2. The Labute approximate surface area is 59.9 Å². The summed E-state index contributed by atoms with van der Waals surface area (Å²) < 4.78 is 1.87. The second kappa shape index (κ2) is 1.87. The molecule has 0 aromatic carbocycles. The van der Waals surface area contributed by atoms with Gasteiger partial charge in [-0.2, -0.15) is 5.10 Å². The number of hydrogen-bond acceptors (Lipinski definition) is 1. The monoisotopic (exact) mass is 130 g/mol. The zero-order chi connectivity index (χ0) is 6.97. The highest BCUT2D eigenvalue weighted by Gasteiger charge is 1.94. The molecule has 2 heterocycles. The van der Waals surface area contributed by atoms with Gasteiger partial charge < -0.3 is 0 Å². The van der Waals surface area contributed by atoms with Crippen LogP contribution in [-0.2, 0) is 0 Å². The van der Waals surface area contributed by atoms with Crippen LogP contribution in [0.15, 0.2) is 30.6 Å². The van der Waals surface area contributed by atoms with Gasteiger partial charge in [-0.05, 0) is 17.6 Å². The molecule has 0 fully saturated rings. The fraction of sp³-hybridized carbons (Fsp3) is 0. The van der Waals surface area contributed by atoms with E-state index in [4.69, 9.17) is 0 Å². The first-order valence-electron chi connectivity index (χ1n) is 3.27. The summed E-state index contributed by atoms with van der Waals surface area (Å²) >= 11 is 0. The fourth-order valence-electron chi connectivity index (χ4n) is 1.06. The molecule has 0 radical (unpaired) electrons. The molecule has 2 aromatic rings. The van der Waals surface area contributed by atoms with Gasteiger partial charge in [0.2, 0.25) is 0 Å². The molecule has 0 amide bonds. The van der Waals surface area contributed by atoms with Crippen LogP contribution in [0.2, 0.25) is 0 Å². The van der Waals surface area contributed by atoms with E-state index in [1.807, 2.05) is 29.0 Å². The third-order valence-electron chi connectivity index (χ3n) is 1.62. The van der Waals surface area contributed by atoms with Crippen molar-refractivity contribution in [3.05, 3.63) is 30.6 Å². The van der Waals surface area contributed by atoms with Gasteiger partial charge in [-0.15, -0.1) is 0 Å². The lowest BCUT2D eigenvalue weighted by molar-refractivity contribution is 0.961. The summed E-state index contributed by atoms with van der Waals surface area (Å²) in [5.41, 5.74) is 2.41. The Balaban J connectivity index is 2.93. The minimum absolute atomic E-state index is 1.18. The summed E-state index contributed by atoms with van der Waals surface area (Å²) in [5.74, 6) is 0. The van der Waals surface area contributed by atoms with E-state index in [-0.39, 0.29) is 0 Å². The largest absolute Gasteiger partial charge is 0.242 e. The molecule has 2 rings (SSSR count). The van der Waals surface area contributed by atoms with Crippen LogP contribution >= 0.6 is 0 Å². The van der Waals surface area contributed by atoms with Crippen molar-refractivity contribution in [1.82, 2.24) is 9.61 Å². The molecule has 10 heavy (non-hydrogen) atoms. The molecule has 2 aromatic heterocycles. The van der Waals surface area contributed by atoms with Crippen LogP contribution in [0, 0.1) is 0 Å². The highest BCUT2D eigenvalue weighted by molar-refractivity contribution is 6.36. The van der Waals surface area contributed by atoms with Gasteiger partial charge in [0, 0.05) is 12.4 Å². The quantitative estimate of drug-likeness (QED) is 0.443. The molecular formula is C7H7BN2. The van der Waals surface area contributed by atoms with Crippen molar-refractivity contribution in [2.24, 2.45) is 0 Å². The molecule has 0 unspecified atom stereocenters. The molecule has 0 atom stereocenters. The molecule has 3 heteroatoms. The van der Waals surface area contributed by atoms with Crippen molar-refractivity contribution in [2.45, 2.75) is 0 Å². The number of hydrogen-bond donors (Lipinski definition) is 0. The number of rotatable bonds is 0. The first-order chi connectivity index (χ1) is 4.88. The molecule has 0 spiro atoms. The van der Waals surface area contributed by atoms with Gasteiger partial charge in [0.15, 0.2) is 0 Å². The van der Waals surface area contributed by atoms with E-state index in [9.17, 15) is 0 Å². The Kier molecular flexibility index (Phi) is 1.03. The molecule has 0 aliphatic rings. The van der Waals surface area contributed by atoms with Gasteiger partial charge in [0.05, 0.1) is 5.52 Å². The van der Waals surface area contributed by atoms with E-state index in [0.29, 0.717) is 0 Å². The number of pyridine rings is 1. The molecule has 2 nitrogen and oxygen atoms in total. The summed E-state index contributed by atoms with van der Waals surface area (Å²) in [5, 5.41) is 4.13. The van der Waals surface area contributed by atoms with Crippen molar-refractivity contribution in [2.75, 3.05) is 0 Å². The van der Waals surface area contributed by atoms with Crippen LogP contribution in [-0.4, -0.2) is 17.5 Å². The van der Waals surface area contributed by atoms with Gasteiger partial charge >= 0.3 is 0 Å². The Bertz CT molecular complexity index is 353. The SMILES string of the molecule is Bc1cnn2ccccc12. The first-order valence-corrected chi connectivity index (χ1v) is 3.27. The van der Waals surface area contributed by atoms with E-state index in [1.54, 1.807) is 0 Å². The van der Waals surface area contributed by atoms with E-state index >= 15 is 0 Å². The summed E-state index contributed by atoms with van der Waals surface area (Å²) in [4.78, 5) is 0. The van der Waals surface area contributed by atoms with Gasteiger partial charge in [-0.25, -0.2) is 4.52 Å². The van der Waals surface area contributed by atoms with Crippen molar-refractivity contribution in [3.63, 3.8) is 0 Å². The minimum atomic E-state index is 1.18. The Morgan fingerprint density at radius 1 is 1.40 bits per heavy atom. The zero-order valence-corrected chi connectivity index (χ0v) is 5.78.